The fourth-order valence-corrected chi connectivity index (χ4v) is 2.27. The average Bonchev–Trinajstić information content (AvgIpc) is 2.75. The molecule has 0 amide bonds. The predicted molar refractivity (Wildman–Crippen MR) is 72.4 cm³/mol. The number of aliphatic hydroxyl groups is 1. The van der Waals surface area contributed by atoms with Gasteiger partial charge in [0.2, 0.25) is 0 Å². The zero-order chi connectivity index (χ0) is 13.9. The van der Waals surface area contributed by atoms with Crippen molar-refractivity contribution >= 4 is 11.8 Å². The van der Waals surface area contributed by atoms with Crippen LogP contribution in [0.4, 0.5) is 0 Å². The van der Waals surface area contributed by atoms with Crippen LogP contribution in [-0.4, -0.2) is 41.1 Å². The molecule has 3 rings (SSSR count). The predicted octanol–water partition coefficient (Wildman–Crippen LogP) is 0.753. The number of aromatic nitrogens is 1. The minimum atomic E-state index is -0.682. The Balaban J connectivity index is 1.83. The zero-order valence-corrected chi connectivity index (χ0v) is 10.9. The maximum absolute atomic E-state index is 11.9. The summed E-state index contributed by atoms with van der Waals surface area (Å²) in [5.74, 6) is -0.160. The number of amidine groups is 1. The average molecular weight is 273 g/mol. The lowest BCUT2D eigenvalue weighted by atomic mass is 10.1. The standard InChI is InChI=1S/C14H15N3O3/c18-12-10(8-9-4-1-2-5-15-9)20-14(19)11(12)13-16-6-3-7-17-13/h1-2,4-5,10,18H,3,6-8H2,(H,16,17)/t10-/m0/s1. The van der Waals surface area contributed by atoms with E-state index in [9.17, 15) is 9.90 Å². The van der Waals surface area contributed by atoms with Gasteiger partial charge in [-0.1, -0.05) is 6.07 Å². The van der Waals surface area contributed by atoms with Crippen molar-refractivity contribution in [2.75, 3.05) is 13.1 Å². The molecule has 6 heteroatoms. The molecule has 2 N–H and O–H groups in total. The monoisotopic (exact) mass is 273 g/mol. The maximum atomic E-state index is 11.9. The fourth-order valence-electron chi connectivity index (χ4n) is 2.27. The third-order valence-electron chi connectivity index (χ3n) is 3.27. The molecule has 1 aromatic rings. The molecule has 20 heavy (non-hydrogen) atoms. The van der Waals surface area contributed by atoms with Gasteiger partial charge in [-0.25, -0.2) is 4.79 Å². The van der Waals surface area contributed by atoms with Crippen molar-refractivity contribution in [1.29, 1.82) is 0 Å². The lowest BCUT2D eigenvalue weighted by Crippen LogP contribution is -2.33. The number of esters is 1. The summed E-state index contributed by atoms with van der Waals surface area (Å²) >= 11 is 0. The van der Waals surface area contributed by atoms with Gasteiger partial charge < -0.3 is 15.2 Å². The molecule has 6 nitrogen and oxygen atoms in total. The van der Waals surface area contributed by atoms with Crippen LogP contribution in [0.15, 0.2) is 40.7 Å². The van der Waals surface area contributed by atoms with E-state index >= 15 is 0 Å². The molecule has 104 valence electrons. The number of nitrogens with zero attached hydrogens (tertiary/aromatic N) is 2. The van der Waals surface area contributed by atoms with Crippen molar-refractivity contribution in [1.82, 2.24) is 10.3 Å². The Morgan fingerprint density at radius 2 is 2.35 bits per heavy atom. The highest BCUT2D eigenvalue weighted by molar-refractivity contribution is 6.20. The normalized spacial score (nSPS) is 22.3. The molecule has 0 fully saturated rings. The van der Waals surface area contributed by atoms with E-state index in [1.54, 1.807) is 6.20 Å². The van der Waals surface area contributed by atoms with Gasteiger partial charge in [-0.05, 0) is 18.6 Å². The number of cyclic esters (lactones) is 1. The summed E-state index contributed by atoms with van der Waals surface area (Å²) in [6.07, 6.45) is 2.26. The number of ether oxygens (including phenoxy) is 1. The van der Waals surface area contributed by atoms with Gasteiger partial charge in [0.1, 0.15) is 11.4 Å². The Morgan fingerprint density at radius 3 is 3.05 bits per heavy atom. The summed E-state index contributed by atoms with van der Waals surface area (Å²) in [6.45, 7) is 1.39. The number of carbonyl (C=O) groups excluding carboxylic acids is 1. The van der Waals surface area contributed by atoms with Gasteiger partial charge in [-0.15, -0.1) is 0 Å². The summed E-state index contributed by atoms with van der Waals surface area (Å²) in [6, 6.07) is 5.50. The molecule has 2 aliphatic rings. The highest BCUT2D eigenvalue weighted by atomic mass is 16.6. The van der Waals surface area contributed by atoms with Gasteiger partial charge in [0.15, 0.2) is 11.9 Å². The topological polar surface area (TPSA) is 83.8 Å². The fraction of sp³-hybridized carbons (Fsp3) is 0.357. The van der Waals surface area contributed by atoms with Crippen LogP contribution in [0.25, 0.3) is 0 Å². The first-order valence-electron chi connectivity index (χ1n) is 6.58. The molecule has 0 spiro atoms. The van der Waals surface area contributed by atoms with Gasteiger partial charge in [0, 0.05) is 31.4 Å². The van der Waals surface area contributed by atoms with Crippen LogP contribution in [0.1, 0.15) is 12.1 Å². The number of pyridine rings is 1. The minimum Gasteiger partial charge on any atom is -0.507 e. The van der Waals surface area contributed by atoms with E-state index in [4.69, 9.17) is 4.74 Å². The molecule has 0 aromatic carbocycles. The van der Waals surface area contributed by atoms with Crippen LogP contribution >= 0.6 is 0 Å². The highest BCUT2D eigenvalue weighted by Crippen LogP contribution is 2.24. The van der Waals surface area contributed by atoms with Gasteiger partial charge in [0.05, 0.1) is 0 Å². The van der Waals surface area contributed by atoms with Gasteiger partial charge >= 0.3 is 5.97 Å². The highest BCUT2D eigenvalue weighted by Gasteiger charge is 2.37. The van der Waals surface area contributed by atoms with Crippen molar-refractivity contribution in [3.63, 3.8) is 0 Å². The second-order valence-corrected chi connectivity index (χ2v) is 4.69. The quantitative estimate of drug-likeness (QED) is 0.794. The van der Waals surface area contributed by atoms with Gasteiger partial charge in [0.25, 0.3) is 0 Å². The summed E-state index contributed by atoms with van der Waals surface area (Å²) in [5.41, 5.74) is 0.919. The molecule has 0 saturated carbocycles. The SMILES string of the molecule is O=C1O[C@@H](Cc2ccccn2)C(O)=C1C1=NCCCN1. The summed E-state index contributed by atoms with van der Waals surface area (Å²) < 4.78 is 5.22. The second kappa shape index (κ2) is 5.32. The van der Waals surface area contributed by atoms with Crippen molar-refractivity contribution < 1.29 is 14.6 Å². The Kier molecular flexibility index (Phi) is 3.37. The van der Waals surface area contributed by atoms with E-state index in [0.717, 1.165) is 18.7 Å². The Morgan fingerprint density at radius 1 is 1.45 bits per heavy atom. The van der Waals surface area contributed by atoms with Crippen LogP contribution in [-0.2, 0) is 16.0 Å². The van der Waals surface area contributed by atoms with E-state index in [-0.39, 0.29) is 11.3 Å². The number of hydrogen-bond acceptors (Lipinski definition) is 6. The van der Waals surface area contributed by atoms with Crippen molar-refractivity contribution in [3.8, 4) is 0 Å². The number of nitrogens with one attached hydrogen (secondary N) is 1. The maximum Gasteiger partial charge on any atom is 0.346 e. The van der Waals surface area contributed by atoms with Crippen LogP contribution in [0.5, 0.6) is 0 Å². The number of aliphatic imine (C=N–C) groups is 1. The zero-order valence-electron chi connectivity index (χ0n) is 10.9. The molecule has 1 aromatic heterocycles. The largest absolute Gasteiger partial charge is 0.507 e. The van der Waals surface area contributed by atoms with Gasteiger partial charge in [-0.3, -0.25) is 9.98 Å². The first-order valence-corrected chi connectivity index (χ1v) is 6.58. The molecule has 0 saturated heterocycles. The molecule has 2 aliphatic heterocycles. The summed E-state index contributed by atoms with van der Waals surface area (Å²) in [5, 5.41) is 13.2. The van der Waals surface area contributed by atoms with Crippen LogP contribution in [0.3, 0.4) is 0 Å². The van der Waals surface area contributed by atoms with E-state index in [0.29, 0.717) is 18.8 Å². The molecular formula is C14H15N3O3. The van der Waals surface area contributed by atoms with E-state index in [2.05, 4.69) is 15.3 Å². The lowest BCUT2D eigenvalue weighted by molar-refractivity contribution is -0.139. The van der Waals surface area contributed by atoms with Gasteiger partial charge in [-0.2, -0.15) is 0 Å². The van der Waals surface area contributed by atoms with Crippen molar-refractivity contribution in [3.05, 3.63) is 41.4 Å². The Labute approximate surface area is 116 Å². The molecule has 3 heterocycles. The minimum absolute atomic E-state index is 0.0613. The van der Waals surface area contributed by atoms with Crippen LogP contribution in [0.2, 0.25) is 0 Å². The number of carbonyl (C=O) groups is 1. The Hall–Kier alpha value is -2.37. The first kappa shape index (κ1) is 12.7. The van der Waals surface area contributed by atoms with E-state index in [1.165, 1.54) is 0 Å². The lowest BCUT2D eigenvalue weighted by Gasteiger charge is -2.13. The van der Waals surface area contributed by atoms with Crippen LogP contribution < -0.4 is 5.32 Å². The Bertz CT molecular complexity index is 581. The number of aliphatic hydroxyl groups excluding tert-OH is 1. The summed E-state index contributed by atoms with van der Waals surface area (Å²) in [4.78, 5) is 20.3. The molecular weight excluding hydrogens is 258 g/mol. The van der Waals surface area contributed by atoms with Crippen LogP contribution in [0, 0.1) is 0 Å². The molecule has 0 unspecified atom stereocenters. The smallest absolute Gasteiger partial charge is 0.346 e. The number of rotatable bonds is 3. The summed E-state index contributed by atoms with van der Waals surface area (Å²) in [7, 11) is 0. The number of hydrogen-bond donors (Lipinski definition) is 2. The van der Waals surface area contributed by atoms with Crippen molar-refractivity contribution in [2.45, 2.75) is 18.9 Å². The molecule has 0 bridgehead atoms. The second-order valence-electron chi connectivity index (χ2n) is 4.69. The molecule has 1 atom stereocenters. The molecule has 0 aliphatic carbocycles. The third-order valence-corrected chi connectivity index (χ3v) is 3.27. The van der Waals surface area contributed by atoms with E-state index < -0.39 is 12.1 Å². The van der Waals surface area contributed by atoms with Crippen molar-refractivity contribution in [2.24, 2.45) is 4.99 Å². The van der Waals surface area contributed by atoms with E-state index in [1.807, 2.05) is 18.2 Å². The molecule has 0 radical (unpaired) electrons. The first-order chi connectivity index (χ1) is 9.75. The third kappa shape index (κ3) is 2.36.